The van der Waals surface area contributed by atoms with Crippen LogP contribution >= 0.6 is 22.9 Å². The number of carbonyl (C=O) groups is 1. The van der Waals surface area contributed by atoms with Crippen LogP contribution in [0.15, 0.2) is 66.2 Å². The first-order valence-corrected chi connectivity index (χ1v) is 13.8. The highest BCUT2D eigenvalue weighted by Crippen LogP contribution is 2.36. The van der Waals surface area contributed by atoms with Crippen LogP contribution in [0.4, 0.5) is 11.4 Å². The number of amides is 1. The molecular weight excluding hydrogens is 490 g/mol. The third-order valence-corrected chi connectivity index (χ3v) is 9.00. The average Bonchev–Trinajstić information content (AvgIpc) is 3.24. The number of hydrogen-bond acceptors (Lipinski definition) is 5. The van der Waals surface area contributed by atoms with E-state index in [2.05, 4.69) is 10.3 Å². The Kier molecular flexibility index (Phi) is 6.29. The SMILES string of the molecule is O=C(Nc1ccc(Cl)c(-c2nccc3ccsc23)c1)c1ccc(N2CCCCCS2(=O)=O)cc1. The van der Waals surface area contributed by atoms with E-state index in [-0.39, 0.29) is 11.7 Å². The summed E-state index contributed by atoms with van der Waals surface area (Å²) in [5, 5.41) is 6.56. The molecule has 1 fully saturated rings. The Bertz CT molecular complexity index is 1470. The van der Waals surface area contributed by atoms with Gasteiger partial charge in [0.25, 0.3) is 5.91 Å². The van der Waals surface area contributed by atoms with E-state index in [0.717, 1.165) is 34.2 Å². The second-order valence-electron chi connectivity index (χ2n) is 8.14. The number of benzene rings is 2. The normalized spacial score (nSPS) is 15.7. The number of nitrogens with one attached hydrogen (secondary N) is 1. The van der Waals surface area contributed by atoms with Gasteiger partial charge in [0.15, 0.2) is 0 Å². The van der Waals surface area contributed by atoms with E-state index in [4.69, 9.17) is 11.6 Å². The lowest BCUT2D eigenvalue weighted by molar-refractivity contribution is 0.102. The monoisotopic (exact) mass is 511 g/mol. The Morgan fingerprint density at radius 2 is 1.85 bits per heavy atom. The molecule has 1 amide bonds. The van der Waals surface area contributed by atoms with Crippen LogP contribution in [0.1, 0.15) is 29.6 Å². The predicted octanol–water partition coefficient (Wildman–Crippen LogP) is 6.19. The maximum Gasteiger partial charge on any atom is 0.255 e. The minimum absolute atomic E-state index is 0.155. The van der Waals surface area contributed by atoms with Crippen molar-refractivity contribution in [3.05, 3.63) is 76.8 Å². The Labute approximate surface area is 207 Å². The van der Waals surface area contributed by atoms with Crippen LogP contribution in [0.3, 0.4) is 0 Å². The smallest absolute Gasteiger partial charge is 0.255 e. The van der Waals surface area contributed by atoms with Crippen molar-refractivity contribution in [2.24, 2.45) is 0 Å². The van der Waals surface area contributed by atoms with Gasteiger partial charge in [-0.3, -0.25) is 14.1 Å². The van der Waals surface area contributed by atoms with Crippen LogP contribution in [0.25, 0.3) is 21.3 Å². The molecule has 1 saturated heterocycles. The summed E-state index contributed by atoms with van der Waals surface area (Å²) in [5.41, 5.74) is 3.14. The van der Waals surface area contributed by atoms with Gasteiger partial charge in [0.05, 0.1) is 26.9 Å². The summed E-state index contributed by atoms with van der Waals surface area (Å²) in [6.45, 7) is 0.465. The summed E-state index contributed by atoms with van der Waals surface area (Å²) in [6, 6.07) is 16.0. The van der Waals surface area contributed by atoms with Crippen molar-refractivity contribution in [2.75, 3.05) is 21.9 Å². The highest BCUT2D eigenvalue weighted by Gasteiger charge is 2.24. The minimum atomic E-state index is -3.33. The molecule has 2 aromatic carbocycles. The Balaban J connectivity index is 1.38. The number of aromatic nitrogens is 1. The first-order chi connectivity index (χ1) is 16.4. The molecule has 0 saturated carbocycles. The summed E-state index contributed by atoms with van der Waals surface area (Å²) < 4.78 is 27.6. The first-order valence-electron chi connectivity index (χ1n) is 11.0. The summed E-state index contributed by atoms with van der Waals surface area (Å²) in [6.07, 6.45) is 4.15. The summed E-state index contributed by atoms with van der Waals surface area (Å²) in [7, 11) is -3.33. The van der Waals surface area contributed by atoms with Crippen molar-refractivity contribution < 1.29 is 13.2 Å². The van der Waals surface area contributed by atoms with E-state index >= 15 is 0 Å². The van der Waals surface area contributed by atoms with Gasteiger partial charge in [0.1, 0.15) is 0 Å². The lowest BCUT2D eigenvalue weighted by atomic mass is 10.1. The van der Waals surface area contributed by atoms with Crippen LogP contribution in [0.5, 0.6) is 0 Å². The predicted molar refractivity (Wildman–Crippen MR) is 139 cm³/mol. The molecule has 0 spiro atoms. The van der Waals surface area contributed by atoms with Gasteiger partial charge in [-0.25, -0.2) is 8.42 Å². The molecule has 2 aromatic heterocycles. The maximum absolute atomic E-state index is 12.9. The van der Waals surface area contributed by atoms with Gasteiger partial charge in [0, 0.05) is 29.6 Å². The highest BCUT2D eigenvalue weighted by atomic mass is 35.5. The highest BCUT2D eigenvalue weighted by molar-refractivity contribution is 7.92. The summed E-state index contributed by atoms with van der Waals surface area (Å²) >= 11 is 8.07. The molecule has 1 aliphatic heterocycles. The van der Waals surface area contributed by atoms with Crippen molar-refractivity contribution >= 4 is 60.3 Å². The molecule has 0 radical (unpaired) electrons. The van der Waals surface area contributed by atoms with Crippen LogP contribution in [-0.4, -0.2) is 31.6 Å². The number of carbonyl (C=O) groups excluding carboxylic acids is 1. The Hall–Kier alpha value is -2.94. The molecule has 0 bridgehead atoms. The minimum Gasteiger partial charge on any atom is -0.322 e. The molecule has 1 aliphatic rings. The van der Waals surface area contributed by atoms with E-state index in [1.54, 1.807) is 53.9 Å². The van der Waals surface area contributed by atoms with Gasteiger partial charge < -0.3 is 5.32 Å². The fourth-order valence-electron chi connectivity index (χ4n) is 4.11. The standard InChI is InChI=1S/C25H22ClN3O3S2/c26-22-9-6-19(16-21(22)23-24-17(10-12-27-23)11-14-33-24)28-25(30)18-4-7-20(8-5-18)29-13-2-1-3-15-34(29,31)32/h4-12,14,16H,1-3,13,15H2,(H,28,30). The maximum atomic E-state index is 12.9. The van der Waals surface area contributed by atoms with E-state index in [1.807, 2.05) is 23.6 Å². The summed E-state index contributed by atoms with van der Waals surface area (Å²) in [4.78, 5) is 17.4. The molecular formula is C25H22ClN3O3S2. The first kappa shape index (κ1) is 22.8. The van der Waals surface area contributed by atoms with Crippen molar-refractivity contribution in [1.29, 1.82) is 0 Å². The van der Waals surface area contributed by atoms with Gasteiger partial charge in [-0.1, -0.05) is 18.0 Å². The fraction of sp³-hybridized carbons (Fsp3) is 0.200. The van der Waals surface area contributed by atoms with Crippen LogP contribution in [0, 0.1) is 0 Å². The van der Waals surface area contributed by atoms with Gasteiger partial charge in [0.2, 0.25) is 10.0 Å². The van der Waals surface area contributed by atoms with Crippen molar-refractivity contribution in [1.82, 2.24) is 4.98 Å². The number of hydrogen-bond donors (Lipinski definition) is 1. The molecule has 3 heterocycles. The number of nitrogens with zero attached hydrogens (tertiary/aromatic N) is 2. The fourth-order valence-corrected chi connectivity index (χ4v) is 6.85. The second-order valence-corrected chi connectivity index (χ2v) is 11.5. The van der Waals surface area contributed by atoms with E-state index in [9.17, 15) is 13.2 Å². The van der Waals surface area contributed by atoms with Gasteiger partial charge in [-0.2, -0.15) is 0 Å². The van der Waals surface area contributed by atoms with E-state index in [0.29, 0.717) is 34.9 Å². The lowest BCUT2D eigenvalue weighted by Crippen LogP contribution is -2.32. The largest absolute Gasteiger partial charge is 0.322 e. The van der Waals surface area contributed by atoms with Gasteiger partial charge in [-0.15, -0.1) is 11.3 Å². The average molecular weight is 512 g/mol. The summed E-state index contributed by atoms with van der Waals surface area (Å²) in [5.74, 6) is -0.136. The zero-order chi connectivity index (χ0) is 23.7. The molecule has 34 heavy (non-hydrogen) atoms. The third-order valence-electron chi connectivity index (χ3n) is 5.86. The number of halogens is 1. The zero-order valence-corrected chi connectivity index (χ0v) is 20.6. The Morgan fingerprint density at radius 3 is 2.68 bits per heavy atom. The van der Waals surface area contributed by atoms with Crippen molar-refractivity contribution in [3.63, 3.8) is 0 Å². The van der Waals surface area contributed by atoms with Gasteiger partial charge in [-0.05, 0) is 78.2 Å². The molecule has 9 heteroatoms. The zero-order valence-electron chi connectivity index (χ0n) is 18.2. The third kappa shape index (κ3) is 4.53. The van der Waals surface area contributed by atoms with Crippen molar-refractivity contribution in [2.45, 2.75) is 19.3 Å². The quantitative estimate of drug-likeness (QED) is 0.354. The van der Waals surface area contributed by atoms with Crippen LogP contribution in [-0.2, 0) is 10.0 Å². The lowest BCUT2D eigenvalue weighted by Gasteiger charge is -2.22. The van der Waals surface area contributed by atoms with E-state index < -0.39 is 10.0 Å². The molecule has 0 atom stereocenters. The Morgan fingerprint density at radius 1 is 1.03 bits per heavy atom. The van der Waals surface area contributed by atoms with Gasteiger partial charge >= 0.3 is 0 Å². The molecule has 5 rings (SSSR count). The molecule has 174 valence electrons. The molecule has 4 aromatic rings. The van der Waals surface area contributed by atoms with Crippen LogP contribution < -0.4 is 9.62 Å². The number of anilines is 2. The topological polar surface area (TPSA) is 79.4 Å². The molecule has 1 N–H and O–H groups in total. The number of fused-ring (bicyclic) bond motifs is 1. The second kappa shape index (κ2) is 9.37. The molecule has 0 aliphatic carbocycles. The van der Waals surface area contributed by atoms with Crippen LogP contribution in [0.2, 0.25) is 5.02 Å². The molecule has 0 unspecified atom stereocenters. The van der Waals surface area contributed by atoms with Crippen molar-refractivity contribution in [3.8, 4) is 11.3 Å². The van der Waals surface area contributed by atoms with E-state index in [1.165, 1.54) is 4.31 Å². The number of sulfonamides is 1. The molecule has 6 nitrogen and oxygen atoms in total. The number of thiophene rings is 1. The number of pyridine rings is 1. The number of rotatable bonds is 4.